The molecule has 7 heteroatoms. The number of nitrogens with one attached hydrogen (secondary N) is 1. The van der Waals surface area contributed by atoms with Crippen LogP contribution in [0.1, 0.15) is 32.4 Å². The number of rotatable bonds is 6. The van der Waals surface area contributed by atoms with Crippen molar-refractivity contribution in [3.63, 3.8) is 0 Å². The Hall–Kier alpha value is -2.28. The zero-order valence-corrected chi connectivity index (χ0v) is 13.3. The van der Waals surface area contributed by atoms with Crippen LogP contribution in [0, 0.1) is 0 Å². The molecule has 0 fully saturated rings. The summed E-state index contributed by atoms with van der Waals surface area (Å²) in [5.41, 5.74) is 1.86. The molecule has 1 aromatic heterocycles. The molecular weight excluding hydrogens is 282 g/mol. The van der Waals surface area contributed by atoms with Crippen LogP contribution >= 0.6 is 0 Å². The maximum atomic E-state index is 12.1. The Bertz CT molecular complexity index is 612. The second kappa shape index (κ2) is 7.13. The van der Waals surface area contributed by atoms with E-state index in [9.17, 15) is 4.79 Å². The molecule has 1 atom stereocenters. The van der Waals surface area contributed by atoms with Gasteiger partial charge in [-0.1, -0.05) is 18.2 Å². The van der Waals surface area contributed by atoms with Gasteiger partial charge in [-0.3, -0.25) is 4.79 Å². The first-order valence-electron chi connectivity index (χ1n) is 7.20. The highest BCUT2D eigenvalue weighted by Crippen LogP contribution is 2.23. The number of tetrazole rings is 1. The van der Waals surface area contributed by atoms with Gasteiger partial charge in [-0.05, 0) is 37.6 Å². The Labute approximate surface area is 129 Å². The summed E-state index contributed by atoms with van der Waals surface area (Å²) in [4.78, 5) is 13.8. The van der Waals surface area contributed by atoms with Gasteiger partial charge in [0.2, 0.25) is 11.7 Å². The molecule has 2 aromatic rings. The average molecular weight is 303 g/mol. The minimum absolute atomic E-state index is 0.0363. The standard InChI is InChI=1S/C15H21N5O2/c1-10(2)22-9-14(21)20(4)11(3)12-6-5-7-13(8-12)15-16-18-19-17-15/h5-8,10-11H,9H2,1-4H3,(H,16,17,18,19). The molecule has 1 aromatic carbocycles. The number of hydrogen-bond donors (Lipinski definition) is 1. The van der Waals surface area contributed by atoms with Crippen molar-refractivity contribution in [2.24, 2.45) is 0 Å². The number of amides is 1. The van der Waals surface area contributed by atoms with Crippen LogP contribution in [-0.2, 0) is 9.53 Å². The van der Waals surface area contributed by atoms with Crippen molar-refractivity contribution in [2.75, 3.05) is 13.7 Å². The second-order valence-electron chi connectivity index (χ2n) is 5.40. The molecule has 0 spiro atoms. The third-order valence-corrected chi connectivity index (χ3v) is 3.49. The largest absolute Gasteiger partial charge is 0.369 e. The fourth-order valence-corrected chi connectivity index (χ4v) is 2.00. The molecule has 2 rings (SSSR count). The maximum absolute atomic E-state index is 12.1. The lowest BCUT2D eigenvalue weighted by Crippen LogP contribution is -2.33. The molecule has 1 unspecified atom stereocenters. The van der Waals surface area contributed by atoms with Crippen LogP contribution in [-0.4, -0.2) is 51.2 Å². The number of hydrogen-bond acceptors (Lipinski definition) is 5. The predicted molar refractivity (Wildman–Crippen MR) is 81.9 cm³/mol. The van der Waals surface area contributed by atoms with E-state index in [1.165, 1.54) is 0 Å². The van der Waals surface area contributed by atoms with Crippen LogP contribution in [0.2, 0.25) is 0 Å². The Morgan fingerprint density at radius 3 is 2.77 bits per heavy atom. The van der Waals surface area contributed by atoms with E-state index in [1.807, 2.05) is 45.0 Å². The smallest absolute Gasteiger partial charge is 0.248 e. The highest BCUT2D eigenvalue weighted by atomic mass is 16.5. The monoisotopic (exact) mass is 303 g/mol. The van der Waals surface area contributed by atoms with Gasteiger partial charge in [-0.15, -0.1) is 10.2 Å². The van der Waals surface area contributed by atoms with Crippen molar-refractivity contribution in [2.45, 2.75) is 32.9 Å². The summed E-state index contributed by atoms with van der Waals surface area (Å²) in [5, 5.41) is 13.9. The molecule has 118 valence electrons. The molecule has 22 heavy (non-hydrogen) atoms. The van der Waals surface area contributed by atoms with Crippen LogP contribution in [0.3, 0.4) is 0 Å². The Morgan fingerprint density at radius 2 is 2.14 bits per heavy atom. The van der Waals surface area contributed by atoms with E-state index >= 15 is 0 Å². The summed E-state index contributed by atoms with van der Waals surface area (Å²) in [6, 6.07) is 7.69. The molecule has 1 heterocycles. The molecule has 1 amide bonds. The number of nitrogens with zero attached hydrogens (tertiary/aromatic N) is 4. The second-order valence-corrected chi connectivity index (χ2v) is 5.40. The Morgan fingerprint density at radius 1 is 1.36 bits per heavy atom. The van der Waals surface area contributed by atoms with Gasteiger partial charge in [0.15, 0.2) is 0 Å². The number of H-pyrrole nitrogens is 1. The van der Waals surface area contributed by atoms with Crippen molar-refractivity contribution in [1.29, 1.82) is 0 Å². The van der Waals surface area contributed by atoms with Gasteiger partial charge in [0.1, 0.15) is 6.61 Å². The van der Waals surface area contributed by atoms with Crippen molar-refractivity contribution >= 4 is 5.91 Å². The van der Waals surface area contributed by atoms with Crippen molar-refractivity contribution in [3.8, 4) is 11.4 Å². The zero-order chi connectivity index (χ0) is 16.1. The highest BCUT2D eigenvalue weighted by Gasteiger charge is 2.18. The third-order valence-electron chi connectivity index (χ3n) is 3.49. The Kier molecular flexibility index (Phi) is 5.21. The summed E-state index contributed by atoms with van der Waals surface area (Å²) in [6.45, 7) is 5.88. The molecule has 0 saturated carbocycles. The summed E-state index contributed by atoms with van der Waals surface area (Å²) in [7, 11) is 1.78. The summed E-state index contributed by atoms with van der Waals surface area (Å²) in [6.07, 6.45) is 0.0363. The van der Waals surface area contributed by atoms with E-state index in [2.05, 4.69) is 20.6 Å². The SMILES string of the molecule is CC(C)OCC(=O)N(C)C(C)c1cccc(-c2nn[nH]n2)c1. The molecule has 0 aliphatic carbocycles. The molecule has 0 radical (unpaired) electrons. The number of ether oxygens (including phenoxy) is 1. The topological polar surface area (TPSA) is 84.0 Å². The van der Waals surface area contributed by atoms with E-state index in [0.717, 1.165) is 11.1 Å². The Balaban J connectivity index is 2.10. The normalized spacial score (nSPS) is 12.4. The summed E-state index contributed by atoms with van der Waals surface area (Å²) < 4.78 is 5.37. The number of likely N-dealkylation sites (N-methyl/N-ethyl adjacent to an activating group) is 1. The lowest BCUT2D eigenvalue weighted by Gasteiger charge is -2.26. The molecule has 0 aliphatic rings. The quantitative estimate of drug-likeness (QED) is 0.880. The number of aromatic nitrogens is 4. The van der Waals surface area contributed by atoms with Gasteiger partial charge >= 0.3 is 0 Å². The third kappa shape index (κ3) is 3.88. The fraction of sp³-hybridized carbons (Fsp3) is 0.467. The van der Waals surface area contributed by atoms with Gasteiger partial charge in [-0.25, -0.2) is 0 Å². The molecule has 0 bridgehead atoms. The van der Waals surface area contributed by atoms with Crippen LogP contribution in [0.5, 0.6) is 0 Å². The summed E-state index contributed by atoms with van der Waals surface area (Å²) in [5.74, 6) is 0.484. The van der Waals surface area contributed by atoms with Crippen molar-refractivity contribution in [3.05, 3.63) is 29.8 Å². The van der Waals surface area contributed by atoms with Crippen LogP contribution < -0.4 is 0 Å². The number of benzene rings is 1. The van der Waals surface area contributed by atoms with Crippen LogP contribution in [0.25, 0.3) is 11.4 Å². The maximum Gasteiger partial charge on any atom is 0.248 e. The average Bonchev–Trinajstić information content (AvgIpc) is 3.05. The van der Waals surface area contributed by atoms with Crippen LogP contribution in [0.15, 0.2) is 24.3 Å². The van der Waals surface area contributed by atoms with Crippen LogP contribution in [0.4, 0.5) is 0 Å². The number of aromatic amines is 1. The highest BCUT2D eigenvalue weighted by molar-refractivity contribution is 5.77. The van der Waals surface area contributed by atoms with Crippen molar-refractivity contribution in [1.82, 2.24) is 25.5 Å². The van der Waals surface area contributed by atoms with Gasteiger partial charge < -0.3 is 9.64 Å². The molecule has 0 saturated heterocycles. The van der Waals surface area contributed by atoms with E-state index < -0.39 is 0 Å². The zero-order valence-electron chi connectivity index (χ0n) is 13.3. The van der Waals surface area contributed by atoms with Gasteiger partial charge in [-0.2, -0.15) is 5.21 Å². The minimum Gasteiger partial charge on any atom is -0.369 e. The van der Waals surface area contributed by atoms with E-state index in [-0.39, 0.29) is 24.7 Å². The fourth-order valence-electron chi connectivity index (χ4n) is 2.00. The lowest BCUT2D eigenvalue weighted by molar-refractivity contribution is -0.138. The van der Waals surface area contributed by atoms with Gasteiger partial charge in [0.25, 0.3) is 0 Å². The predicted octanol–water partition coefficient (Wildman–Crippen LogP) is 1.81. The first kappa shape index (κ1) is 16.1. The van der Waals surface area contributed by atoms with Gasteiger partial charge in [0.05, 0.1) is 12.1 Å². The number of carbonyl (C=O) groups is 1. The molecule has 0 aliphatic heterocycles. The summed E-state index contributed by atoms with van der Waals surface area (Å²) >= 11 is 0. The van der Waals surface area contributed by atoms with E-state index in [4.69, 9.17) is 4.74 Å². The first-order valence-corrected chi connectivity index (χ1v) is 7.20. The first-order chi connectivity index (χ1) is 10.5. The van der Waals surface area contributed by atoms with Gasteiger partial charge in [0, 0.05) is 12.6 Å². The molecule has 1 N–H and O–H groups in total. The molecular formula is C15H21N5O2. The van der Waals surface area contributed by atoms with Crippen molar-refractivity contribution < 1.29 is 9.53 Å². The van der Waals surface area contributed by atoms with E-state index in [1.54, 1.807) is 11.9 Å². The minimum atomic E-state index is -0.0740. The van der Waals surface area contributed by atoms with E-state index in [0.29, 0.717) is 5.82 Å². The molecule has 7 nitrogen and oxygen atoms in total. The number of carbonyl (C=O) groups excluding carboxylic acids is 1. The lowest BCUT2D eigenvalue weighted by atomic mass is 10.0.